The molecule has 5 rings (SSSR count). The van der Waals surface area contributed by atoms with Gasteiger partial charge in [0.1, 0.15) is 22.1 Å². The number of alkyl carbamates (subject to hydrolysis) is 1. The van der Waals surface area contributed by atoms with Crippen molar-refractivity contribution in [2.24, 2.45) is 0 Å². The molecule has 1 aliphatic rings. The number of hydrogen-bond donors (Lipinski definition) is 3. The molecule has 10 nitrogen and oxygen atoms in total. The van der Waals surface area contributed by atoms with Gasteiger partial charge in [-0.1, -0.05) is 30.3 Å². The number of benzene rings is 2. The fourth-order valence-corrected chi connectivity index (χ4v) is 5.78. The Balaban J connectivity index is 1.27. The zero-order chi connectivity index (χ0) is 30.6. The molecule has 0 unspecified atom stereocenters. The molecular weight excluding hydrogens is 571 g/mol. The standard InChI is InChI=1S/C31H35FN6O4S/c1-31(2,3)42-30(41)34-23-10-7-13-37(17-23)27-24(32)11-6-12-25(27)35-28(40)26-19-43-29(36-26)22-14-33-38(16-22)15-20-8-4-5-9-21(20)18-39/h4-6,8-9,11-12,14,16,19,23,39H,7,10,13,15,17-18H2,1-3H3,(H,34,41)(H,35,40)/t23-/m1/s1. The van der Waals surface area contributed by atoms with Crippen molar-refractivity contribution >= 4 is 34.7 Å². The number of aromatic nitrogens is 3. The molecule has 0 bridgehead atoms. The lowest BCUT2D eigenvalue weighted by atomic mass is 10.0. The summed E-state index contributed by atoms with van der Waals surface area (Å²) < 4.78 is 22.3. The van der Waals surface area contributed by atoms with Crippen molar-refractivity contribution in [1.29, 1.82) is 0 Å². The summed E-state index contributed by atoms with van der Waals surface area (Å²) >= 11 is 1.31. The molecule has 1 fully saturated rings. The highest BCUT2D eigenvalue weighted by molar-refractivity contribution is 7.13. The number of carbonyl (C=O) groups is 2. The predicted octanol–water partition coefficient (Wildman–Crippen LogP) is 5.43. The summed E-state index contributed by atoms with van der Waals surface area (Å²) in [6.45, 7) is 6.78. The number of nitrogens with one attached hydrogen (secondary N) is 2. The second-order valence-corrected chi connectivity index (χ2v) is 12.3. The van der Waals surface area contributed by atoms with E-state index in [0.29, 0.717) is 30.3 Å². The largest absolute Gasteiger partial charge is 0.444 e. The monoisotopic (exact) mass is 606 g/mol. The van der Waals surface area contributed by atoms with Crippen LogP contribution in [0.4, 0.5) is 20.6 Å². The van der Waals surface area contributed by atoms with Crippen molar-refractivity contribution in [3.63, 3.8) is 0 Å². The lowest BCUT2D eigenvalue weighted by Gasteiger charge is -2.36. The Kier molecular flexibility index (Phi) is 9.07. The van der Waals surface area contributed by atoms with E-state index in [1.165, 1.54) is 17.4 Å². The molecule has 2 aromatic heterocycles. The van der Waals surface area contributed by atoms with Gasteiger partial charge in [0, 0.05) is 36.3 Å². The van der Waals surface area contributed by atoms with E-state index >= 15 is 4.39 Å². The molecule has 3 heterocycles. The third kappa shape index (κ3) is 7.57. The number of thiazole rings is 1. The molecule has 3 N–H and O–H groups in total. The Morgan fingerprint density at radius 1 is 1.16 bits per heavy atom. The van der Waals surface area contributed by atoms with E-state index in [1.54, 1.807) is 49.2 Å². The number of piperidine rings is 1. The van der Waals surface area contributed by atoms with Crippen LogP contribution in [0.25, 0.3) is 10.6 Å². The topological polar surface area (TPSA) is 122 Å². The number of hydrogen-bond acceptors (Lipinski definition) is 8. The van der Waals surface area contributed by atoms with Gasteiger partial charge in [-0.05, 0) is 56.9 Å². The van der Waals surface area contributed by atoms with Crippen molar-refractivity contribution < 1.29 is 23.8 Å². The van der Waals surface area contributed by atoms with E-state index in [0.717, 1.165) is 29.5 Å². The predicted molar refractivity (Wildman–Crippen MR) is 164 cm³/mol. The minimum atomic E-state index is -0.621. The Bertz CT molecular complexity index is 1600. The van der Waals surface area contributed by atoms with E-state index in [4.69, 9.17) is 4.74 Å². The van der Waals surface area contributed by atoms with Crippen LogP contribution in [-0.2, 0) is 17.9 Å². The van der Waals surface area contributed by atoms with Crippen molar-refractivity contribution in [3.8, 4) is 10.6 Å². The van der Waals surface area contributed by atoms with Gasteiger partial charge >= 0.3 is 6.09 Å². The molecule has 0 spiro atoms. The van der Waals surface area contributed by atoms with Gasteiger partial charge in [0.2, 0.25) is 0 Å². The molecule has 0 saturated carbocycles. The second-order valence-electron chi connectivity index (χ2n) is 11.4. The summed E-state index contributed by atoms with van der Waals surface area (Å²) in [6.07, 6.45) is 4.48. The number of para-hydroxylation sites is 1. The van der Waals surface area contributed by atoms with Gasteiger partial charge in [-0.25, -0.2) is 14.2 Å². The summed E-state index contributed by atoms with van der Waals surface area (Å²) in [5.74, 6) is -0.927. The summed E-state index contributed by atoms with van der Waals surface area (Å²) in [6, 6.07) is 11.9. The summed E-state index contributed by atoms with van der Waals surface area (Å²) in [5, 5.41) is 22.0. The van der Waals surface area contributed by atoms with Gasteiger partial charge in [0.15, 0.2) is 0 Å². The summed E-state index contributed by atoms with van der Waals surface area (Å²) in [5.41, 5.74) is 2.74. The maximum absolute atomic E-state index is 15.2. The number of aliphatic hydroxyl groups is 1. The SMILES string of the molecule is CC(C)(C)OC(=O)N[C@@H]1CCCN(c2c(F)cccc2NC(=O)c2csc(-c3cnn(Cc4ccccc4CO)c3)n2)C1. The first-order valence-electron chi connectivity index (χ1n) is 14.1. The first-order valence-corrected chi connectivity index (χ1v) is 15.0. The van der Waals surface area contributed by atoms with Crippen LogP contribution in [0.1, 0.15) is 55.2 Å². The minimum absolute atomic E-state index is 0.0520. The van der Waals surface area contributed by atoms with Crippen molar-refractivity contribution in [3.05, 3.63) is 82.9 Å². The van der Waals surface area contributed by atoms with Gasteiger partial charge in [0.25, 0.3) is 5.91 Å². The molecule has 1 saturated heterocycles. The zero-order valence-electron chi connectivity index (χ0n) is 24.3. The minimum Gasteiger partial charge on any atom is -0.444 e. The van der Waals surface area contributed by atoms with E-state index in [-0.39, 0.29) is 24.0 Å². The van der Waals surface area contributed by atoms with E-state index in [9.17, 15) is 14.7 Å². The Labute approximate surface area is 253 Å². The van der Waals surface area contributed by atoms with Crippen LogP contribution in [0.15, 0.2) is 60.2 Å². The van der Waals surface area contributed by atoms with Crippen LogP contribution >= 0.6 is 11.3 Å². The highest BCUT2D eigenvalue weighted by Gasteiger charge is 2.27. The summed E-state index contributed by atoms with van der Waals surface area (Å²) in [4.78, 5) is 31.9. The number of aliphatic hydroxyl groups excluding tert-OH is 1. The highest BCUT2D eigenvalue weighted by atomic mass is 32.1. The molecule has 4 aromatic rings. The second kappa shape index (κ2) is 12.9. The highest BCUT2D eigenvalue weighted by Crippen LogP contribution is 2.32. The molecule has 43 heavy (non-hydrogen) atoms. The zero-order valence-corrected chi connectivity index (χ0v) is 25.2. The van der Waals surface area contributed by atoms with E-state index in [1.807, 2.05) is 35.4 Å². The van der Waals surface area contributed by atoms with Gasteiger partial charge in [0.05, 0.1) is 30.7 Å². The molecule has 12 heteroatoms. The van der Waals surface area contributed by atoms with Crippen LogP contribution in [-0.4, -0.2) is 56.6 Å². The number of ether oxygens (including phenoxy) is 1. The van der Waals surface area contributed by atoms with Crippen molar-refractivity contribution in [2.75, 3.05) is 23.3 Å². The number of nitrogens with zero attached hydrogens (tertiary/aromatic N) is 4. The van der Waals surface area contributed by atoms with Crippen LogP contribution in [0.2, 0.25) is 0 Å². The maximum atomic E-state index is 15.2. The van der Waals surface area contributed by atoms with E-state index < -0.39 is 23.4 Å². The maximum Gasteiger partial charge on any atom is 0.407 e. The molecular formula is C31H35FN6O4S. The Morgan fingerprint density at radius 3 is 2.72 bits per heavy atom. The Hall–Kier alpha value is -4.29. The number of halogens is 1. The van der Waals surface area contributed by atoms with Gasteiger partial charge in [-0.15, -0.1) is 11.3 Å². The average Bonchev–Trinajstić information content (AvgIpc) is 3.63. The van der Waals surface area contributed by atoms with Crippen LogP contribution in [0.3, 0.4) is 0 Å². The lowest BCUT2D eigenvalue weighted by Crippen LogP contribution is -2.49. The smallest absolute Gasteiger partial charge is 0.407 e. The molecule has 0 aliphatic carbocycles. The van der Waals surface area contributed by atoms with Crippen molar-refractivity contribution in [1.82, 2.24) is 20.1 Å². The van der Waals surface area contributed by atoms with Crippen molar-refractivity contribution in [2.45, 2.75) is 58.4 Å². The first-order chi connectivity index (χ1) is 20.6. The molecule has 226 valence electrons. The molecule has 2 amide bonds. The quantitative estimate of drug-likeness (QED) is 0.245. The number of anilines is 2. The molecule has 1 aliphatic heterocycles. The van der Waals surface area contributed by atoms with Crippen LogP contribution in [0, 0.1) is 5.82 Å². The molecule has 0 radical (unpaired) electrons. The third-order valence-electron chi connectivity index (χ3n) is 6.93. The number of rotatable bonds is 8. The fourth-order valence-electron chi connectivity index (χ4n) is 5.01. The van der Waals surface area contributed by atoms with Crippen LogP contribution < -0.4 is 15.5 Å². The fraction of sp³-hybridized carbons (Fsp3) is 0.355. The van der Waals surface area contributed by atoms with Gasteiger partial charge in [-0.2, -0.15) is 5.10 Å². The normalized spacial score (nSPS) is 15.3. The molecule has 2 aromatic carbocycles. The van der Waals surface area contributed by atoms with Gasteiger partial charge in [-0.3, -0.25) is 9.48 Å². The lowest BCUT2D eigenvalue weighted by molar-refractivity contribution is 0.0500. The number of carbonyl (C=O) groups excluding carboxylic acids is 2. The molecule has 1 atom stereocenters. The average molecular weight is 607 g/mol. The summed E-state index contributed by atoms with van der Waals surface area (Å²) in [7, 11) is 0. The first kappa shape index (κ1) is 30.2. The van der Waals surface area contributed by atoms with Gasteiger partial charge < -0.3 is 25.4 Å². The van der Waals surface area contributed by atoms with E-state index in [2.05, 4.69) is 20.7 Å². The number of amides is 2. The Morgan fingerprint density at radius 2 is 1.95 bits per heavy atom. The van der Waals surface area contributed by atoms with Crippen LogP contribution in [0.5, 0.6) is 0 Å². The third-order valence-corrected chi connectivity index (χ3v) is 7.82.